The summed E-state index contributed by atoms with van der Waals surface area (Å²) in [5, 5.41) is 0.613. The van der Waals surface area contributed by atoms with Crippen molar-refractivity contribution in [1.29, 1.82) is 0 Å². The van der Waals surface area contributed by atoms with E-state index in [-0.39, 0.29) is 18.4 Å². The molecule has 7 heteroatoms. The molecule has 0 fully saturated rings. The van der Waals surface area contributed by atoms with Crippen LogP contribution in [0.5, 0.6) is 0 Å². The Kier molecular flexibility index (Phi) is 6.57. The van der Waals surface area contributed by atoms with Crippen LogP contribution in [0.4, 0.5) is 0 Å². The SMILES string of the molecule is CCCCC(=O)N=c1sc2ccc(Cl)c(C)c2n1CC(=O)OCC. The number of ether oxygens (including phenoxy) is 1. The number of rotatable bonds is 6. The molecule has 2 aromatic rings. The van der Waals surface area contributed by atoms with Crippen molar-refractivity contribution in [1.82, 2.24) is 4.57 Å². The van der Waals surface area contributed by atoms with Crippen molar-refractivity contribution in [2.24, 2.45) is 4.99 Å². The highest BCUT2D eigenvalue weighted by Gasteiger charge is 2.15. The number of nitrogens with zero attached hydrogens (tertiary/aromatic N) is 2. The van der Waals surface area contributed by atoms with Crippen LogP contribution < -0.4 is 4.80 Å². The second-order valence-corrected chi connectivity index (χ2v) is 6.82. The van der Waals surface area contributed by atoms with E-state index in [0.717, 1.165) is 28.6 Å². The molecule has 130 valence electrons. The van der Waals surface area contributed by atoms with Gasteiger partial charge in [-0.1, -0.05) is 36.3 Å². The third-order valence-corrected chi connectivity index (χ3v) is 5.04. The Hall–Kier alpha value is -1.66. The molecule has 0 spiro atoms. The third-order valence-electron chi connectivity index (χ3n) is 3.59. The molecule has 0 radical (unpaired) electrons. The van der Waals surface area contributed by atoms with Gasteiger partial charge in [0.25, 0.3) is 0 Å². The Bertz CT molecular complexity index is 823. The smallest absolute Gasteiger partial charge is 0.326 e. The lowest BCUT2D eigenvalue weighted by Gasteiger charge is -2.07. The molecule has 2 rings (SSSR count). The predicted octanol–water partition coefficient (Wildman–Crippen LogP) is 3.85. The summed E-state index contributed by atoms with van der Waals surface area (Å²) >= 11 is 7.60. The van der Waals surface area contributed by atoms with Gasteiger partial charge < -0.3 is 9.30 Å². The van der Waals surface area contributed by atoms with Gasteiger partial charge in [-0.2, -0.15) is 4.99 Å². The number of carbonyl (C=O) groups is 2. The minimum absolute atomic E-state index is 0.00884. The molecule has 0 N–H and O–H groups in total. The molecule has 1 heterocycles. The van der Waals surface area contributed by atoms with Crippen molar-refractivity contribution in [2.75, 3.05) is 6.61 Å². The highest BCUT2D eigenvalue weighted by Crippen LogP contribution is 2.27. The van der Waals surface area contributed by atoms with E-state index in [4.69, 9.17) is 16.3 Å². The van der Waals surface area contributed by atoms with Crippen molar-refractivity contribution >= 4 is 45.0 Å². The largest absolute Gasteiger partial charge is 0.465 e. The summed E-state index contributed by atoms with van der Waals surface area (Å²) in [7, 11) is 0. The molecule has 0 saturated heterocycles. The van der Waals surface area contributed by atoms with Crippen LogP contribution in [-0.2, 0) is 20.9 Å². The van der Waals surface area contributed by atoms with Crippen molar-refractivity contribution in [3.63, 3.8) is 0 Å². The van der Waals surface area contributed by atoms with E-state index in [1.165, 1.54) is 11.3 Å². The van der Waals surface area contributed by atoms with Gasteiger partial charge in [-0.3, -0.25) is 9.59 Å². The number of esters is 1. The van der Waals surface area contributed by atoms with E-state index in [9.17, 15) is 9.59 Å². The summed E-state index contributed by atoms with van der Waals surface area (Å²) in [5.41, 5.74) is 1.68. The monoisotopic (exact) mass is 368 g/mol. The Labute approximate surface area is 149 Å². The number of amides is 1. The van der Waals surface area contributed by atoms with Crippen LogP contribution in [0.2, 0.25) is 5.02 Å². The van der Waals surface area contributed by atoms with Gasteiger partial charge >= 0.3 is 5.97 Å². The highest BCUT2D eigenvalue weighted by atomic mass is 35.5. The van der Waals surface area contributed by atoms with Crippen LogP contribution in [0, 0.1) is 6.92 Å². The minimum Gasteiger partial charge on any atom is -0.465 e. The van der Waals surface area contributed by atoms with Gasteiger partial charge in [-0.05, 0) is 38.0 Å². The predicted molar refractivity (Wildman–Crippen MR) is 96.3 cm³/mol. The number of aryl methyl sites for hydroxylation is 1. The third kappa shape index (κ3) is 4.24. The van der Waals surface area contributed by atoms with Crippen LogP contribution in [0.15, 0.2) is 17.1 Å². The summed E-state index contributed by atoms with van der Waals surface area (Å²) in [4.78, 5) is 28.7. The van der Waals surface area contributed by atoms with E-state index in [1.54, 1.807) is 11.5 Å². The Morgan fingerprint density at radius 1 is 1.33 bits per heavy atom. The van der Waals surface area contributed by atoms with Crippen molar-refractivity contribution in [3.05, 3.63) is 27.5 Å². The van der Waals surface area contributed by atoms with Gasteiger partial charge in [0.15, 0.2) is 4.80 Å². The maximum absolute atomic E-state index is 12.0. The average molecular weight is 369 g/mol. The standard InChI is InChI=1S/C17H21ClN2O3S/c1-4-6-7-14(21)19-17-20(10-15(22)23-5-2)16-11(3)12(18)8-9-13(16)24-17/h8-9H,4-7,10H2,1-3H3. The second-order valence-electron chi connectivity index (χ2n) is 5.40. The molecule has 0 bridgehead atoms. The van der Waals surface area contributed by atoms with Gasteiger partial charge in [0.2, 0.25) is 5.91 Å². The van der Waals surface area contributed by atoms with Crippen molar-refractivity contribution < 1.29 is 14.3 Å². The Morgan fingerprint density at radius 2 is 2.08 bits per heavy atom. The number of benzene rings is 1. The number of thiazole rings is 1. The maximum Gasteiger partial charge on any atom is 0.326 e. The van der Waals surface area contributed by atoms with E-state index in [2.05, 4.69) is 4.99 Å². The lowest BCUT2D eigenvalue weighted by Crippen LogP contribution is -2.23. The normalized spacial score (nSPS) is 11.9. The van der Waals surface area contributed by atoms with E-state index < -0.39 is 0 Å². The first-order valence-corrected chi connectivity index (χ1v) is 9.19. The highest BCUT2D eigenvalue weighted by molar-refractivity contribution is 7.16. The molecular weight excluding hydrogens is 348 g/mol. The number of aromatic nitrogens is 1. The Morgan fingerprint density at radius 3 is 2.75 bits per heavy atom. The summed E-state index contributed by atoms with van der Waals surface area (Å²) in [6.07, 6.45) is 2.14. The van der Waals surface area contributed by atoms with Crippen LogP contribution in [0.3, 0.4) is 0 Å². The van der Waals surface area contributed by atoms with Gasteiger partial charge in [0.05, 0.1) is 16.8 Å². The van der Waals surface area contributed by atoms with E-state index >= 15 is 0 Å². The summed E-state index contributed by atoms with van der Waals surface area (Å²) < 4.78 is 7.70. The first-order valence-electron chi connectivity index (χ1n) is 7.99. The molecule has 0 aliphatic rings. The fraction of sp³-hybridized carbons (Fsp3) is 0.471. The number of hydrogen-bond donors (Lipinski definition) is 0. The molecule has 0 unspecified atom stereocenters. The van der Waals surface area contributed by atoms with Crippen molar-refractivity contribution in [2.45, 2.75) is 46.6 Å². The fourth-order valence-electron chi connectivity index (χ4n) is 2.37. The topological polar surface area (TPSA) is 60.7 Å². The van der Waals surface area contributed by atoms with Gasteiger partial charge in [-0.15, -0.1) is 0 Å². The number of unbranched alkanes of at least 4 members (excludes halogenated alkanes) is 1. The molecule has 0 aliphatic heterocycles. The van der Waals surface area contributed by atoms with Crippen LogP contribution in [-0.4, -0.2) is 23.1 Å². The molecular formula is C17H21ClN2O3S. The first-order chi connectivity index (χ1) is 11.5. The summed E-state index contributed by atoms with van der Waals surface area (Å²) in [6.45, 7) is 5.99. The number of carbonyl (C=O) groups excluding carboxylic acids is 2. The zero-order valence-electron chi connectivity index (χ0n) is 14.1. The van der Waals surface area contributed by atoms with Crippen molar-refractivity contribution in [3.8, 4) is 0 Å². The summed E-state index contributed by atoms with van der Waals surface area (Å²) in [6, 6.07) is 3.69. The molecule has 0 saturated carbocycles. The lowest BCUT2D eigenvalue weighted by molar-refractivity contribution is -0.143. The number of hydrogen-bond acceptors (Lipinski definition) is 4. The van der Waals surface area contributed by atoms with Gasteiger partial charge in [0, 0.05) is 11.4 Å². The second kappa shape index (κ2) is 8.44. The van der Waals surface area contributed by atoms with Crippen LogP contribution >= 0.6 is 22.9 Å². The van der Waals surface area contributed by atoms with Crippen LogP contribution in [0.25, 0.3) is 10.2 Å². The van der Waals surface area contributed by atoms with E-state index in [1.807, 2.05) is 26.0 Å². The van der Waals surface area contributed by atoms with Gasteiger partial charge in [0.1, 0.15) is 6.54 Å². The molecule has 24 heavy (non-hydrogen) atoms. The number of halogens is 1. The molecule has 0 atom stereocenters. The zero-order chi connectivity index (χ0) is 17.7. The maximum atomic E-state index is 12.0. The quantitative estimate of drug-likeness (QED) is 0.727. The van der Waals surface area contributed by atoms with E-state index in [0.29, 0.717) is 22.9 Å². The van der Waals surface area contributed by atoms with Crippen LogP contribution in [0.1, 0.15) is 38.7 Å². The molecule has 0 aliphatic carbocycles. The lowest BCUT2D eigenvalue weighted by atomic mass is 10.2. The summed E-state index contributed by atoms with van der Waals surface area (Å²) in [5.74, 6) is -0.538. The number of fused-ring (bicyclic) bond motifs is 1. The molecule has 1 aromatic heterocycles. The molecule has 1 aromatic carbocycles. The molecule has 1 amide bonds. The molecule has 5 nitrogen and oxygen atoms in total. The average Bonchev–Trinajstić information content (AvgIpc) is 2.87. The zero-order valence-corrected chi connectivity index (χ0v) is 15.7. The fourth-order valence-corrected chi connectivity index (χ4v) is 3.63. The Balaban J connectivity index is 2.57. The van der Waals surface area contributed by atoms with Gasteiger partial charge in [-0.25, -0.2) is 0 Å². The first kappa shape index (κ1) is 18.7. The minimum atomic E-state index is -0.362.